The van der Waals surface area contributed by atoms with Crippen LogP contribution in [-0.2, 0) is 0 Å². The van der Waals surface area contributed by atoms with Crippen molar-refractivity contribution < 1.29 is 0 Å². The molecule has 0 spiro atoms. The van der Waals surface area contributed by atoms with Crippen molar-refractivity contribution in [1.82, 2.24) is 15.2 Å². The van der Waals surface area contributed by atoms with E-state index in [1.54, 1.807) is 11.3 Å². The number of rotatable bonds is 7. The summed E-state index contributed by atoms with van der Waals surface area (Å²) in [5.41, 5.74) is 0. The van der Waals surface area contributed by atoms with Crippen LogP contribution in [0.4, 0.5) is 5.13 Å². The molecule has 108 valence electrons. The molecule has 1 aromatic rings. The minimum atomic E-state index is 0.683. The van der Waals surface area contributed by atoms with Crippen molar-refractivity contribution in [1.29, 1.82) is 0 Å². The molecule has 1 aliphatic rings. The van der Waals surface area contributed by atoms with Gasteiger partial charge in [0, 0.05) is 43.8 Å². The van der Waals surface area contributed by atoms with Crippen LogP contribution >= 0.6 is 11.3 Å². The molecule has 0 radical (unpaired) electrons. The number of piperazine rings is 1. The number of thiazole rings is 1. The first-order valence-electron chi connectivity index (χ1n) is 7.40. The Morgan fingerprint density at radius 2 is 2.11 bits per heavy atom. The standard InChI is InChI=1S/C14H26N4S/c1-3-5-15-6-4-13(2)17-8-10-18(11-9-17)14-16-7-12-19-14/h7,12-13,15H,3-6,8-11H2,1-2H3. The zero-order valence-electron chi connectivity index (χ0n) is 12.1. The van der Waals surface area contributed by atoms with Crippen LogP contribution in [0.25, 0.3) is 0 Å². The van der Waals surface area contributed by atoms with Crippen LogP contribution in [0.3, 0.4) is 0 Å². The van der Waals surface area contributed by atoms with E-state index in [0.29, 0.717) is 6.04 Å². The second-order valence-corrected chi connectivity index (χ2v) is 6.10. The van der Waals surface area contributed by atoms with Crippen molar-refractivity contribution in [3.8, 4) is 0 Å². The predicted molar refractivity (Wildman–Crippen MR) is 83.1 cm³/mol. The van der Waals surface area contributed by atoms with Crippen molar-refractivity contribution in [2.75, 3.05) is 44.2 Å². The summed E-state index contributed by atoms with van der Waals surface area (Å²) in [5, 5.41) is 6.73. The molecule has 2 heterocycles. The van der Waals surface area contributed by atoms with Crippen LogP contribution in [0.1, 0.15) is 26.7 Å². The molecule has 0 amide bonds. The number of aromatic nitrogens is 1. The molecule has 0 bridgehead atoms. The van der Waals surface area contributed by atoms with Gasteiger partial charge in [0.25, 0.3) is 0 Å². The summed E-state index contributed by atoms with van der Waals surface area (Å²) in [7, 11) is 0. The Kier molecular flexibility index (Phi) is 6.07. The molecule has 0 saturated carbocycles. The first kappa shape index (κ1) is 14.8. The van der Waals surface area contributed by atoms with E-state index in [1.165, 1.54) is 18.0 Å². The van der Waals surface area contributed by atoms with Crippen molar-refractivity contribution in [3.63, 3.8) is 0 Å². The maximum atomic E-state index is 4.40. The lowest BCUT2D eigenvalue weighted by Gasteiger charge is -2.38. The van der Waals surface area contributed by atoms with E-state index in [0.717, 1.165) is 39.3 Å². The molecule has 5 heteroatoms. The summed E-state index contributed by atoms with van der Waals surface area (Å²) in [6.45, 7) is 11.4. The summed E-state index contributed by atoms with van der Waals surface area (Å²) in [6, 6.07) is 0.683. The van der Waals surface area contributed by atoms with Gasteiger partial charge in [-0.1, -0.05) is 6.92 Å². The molecular formula is C14H26N4S. The lowest BCUT2D eigenvalue weighted by atomic mass is 10.1. The largest absolute Gasteiger partial charge is 0.346 e. The highest BCUT2D eigenvalue weighted by Gasteiger charge is 2.21. The van der Waals surface area contributed by atoms with E-state index in [9.17, 15) is 0 Å². The highest BCUT2D eigenvalue weighted by atomic mass is 32.1. The Hall–Kier alpha value is -0.650. The van der Waals surface area contributed by atoms with Crippen LogP contribution in [0.2, 0.25) is 0 Å². The molecule has 1 aromatic heterocycles. The Bertz CT molecular complexity index is 333. The van der Waals surface area contributed by atoms with E-state index in [4.69, 9.17) is 0 Å². The molecule has 1 aliphatic heterocycles. The monoisotopic (exact) mass is 282 g/mol. The summed E-state index contributed by atoms with van der Waals surface area (Å²) < 4.78 is 0. The van der Waals surface area contributed by atoms with Gasteiger partial charge in [0.1, 0.15) is 0 Å². The molecule has 0 aliphatic carbocycles. The smallest absolute Gasteiger partial charge is 0.185 e. The number of anilines is 1. The van der Waals surface area contributed by atoms with Gasteiger partial charge in [-0.2, -0.15) is 0 Å². The lowest BCUT2D eigenvalue weighted by molar-refractivity contribution is 0.188. The minimum Gasteiger partial charge on any atom is -0.346 e. The van der Waals surface area contributed by atoms with Crippen molar-refractivity contribution in [2.24, 2.45) is 0 Å². The fourth-order valence-corrected chi connectivity index (χ4v) is 3.22. The van der Waals surface area contributed by atoms with Gasteiger partial charge in [-0.3, -0.25) is 4.90 Å². The van der Waals surface area contributed by atoms with E-state index in [2.05, 4.69) is 39.3 Å². The van der Waals surface area contributed by atoms with Gasteiger partial charge in [-0.15, -0.1) is 11.3 Å². The number of nitrogens with one attached hydrogen (secondary N) is 1. The molecule has 1 saturated heterocycles. The fourth-order valence-electron chi connectivity index (χ4n) is 2.52. The molecule has 19 heavy (non-hydrogen) atoms. The second kappa shape index (κ2) is 7.82. The topological polar surface area (TPSA) is 31.4 Å². The maximum Gasteiger partial charge on any atom is 0.185 e. The first-order chi connectivity index (χ1) is 9.31. The molecule has 4 nitrogen and oxygen atoms in total. The Balaban J connectivity index is 1.67. The van der Waals surface area contributed by atoms with Gasteiger partial charge < -0.3 is 10.2 Å². The number of hydrogen-bond donors (Lipinski definition) is 1. The SMILES string of the molecule is CCCNCCC(C)N1CCN(c2nccs2)CC1. The van der Waals surface area contributed by atoms with Crippen molar-refractivity contribution in [2.45, 2.75) is 32.7 Å². The van der Waals surface area contributed by atoms with E-state index in [-0.39, 0.29) is 0 Å². The average Bonchev–Trinajstić information content (AvgIpc) is 2.98. The highest BCUT2D eigenvalue weighted by molar-refractivity contribution is 7.13. The lowest BCUT2D eigenvalue weighted by Crippen LogP contribution is -2.50. The number of hydrogen-bond acceptors (Lipinski definition) is 5. The van der Waals surface area contributed by atoms with E-state index >= 15 is 0 Å². The van der Waals surface area contributed by atoms with Crippen molar-refractivity contribution >= 4 is 16.5 Å². The summed E-state index contributed by atoms with van der Waals surface area (Å²) in [4.78, 5) is 9.41. The van der Waals surface area contributed by atoms with Gasteiger partial charge in [0.2, 0.25) is 0 Å². The third-order valence-corrected chi connectivity index (χ3v) is 4.63. The molecule has 1 unspecified atom stereocenters. The fraction of sp³-hybridized carbons (Fsp3) is 0.786. The minimum absolute atomic E-state index is 0.683. The van der Waals surface area contributed by atoms with Crippen LogP contribution in [0.15, 0.2) is 11.6 Å². The number of nitrogens with zero attached hydrogens (tertiary/aromatic N) is 3. The van der Waals surface area contributed by atoms with Gasteiger partial charge in [-0.25, -0.2) is 4.98 Å². The maximum absolute atomic E-state index is 4.40. The predicted octanol–water partition coefficient (Wildman–Crippen LogP) is 2.04. The van der Waals surface area contributed by atoms with Crippen LogP contribution in [-0.4, -0.2) is 55.2 Å². The Labute approximate surface area is 120 Å². The third kappa shape index (κ3) is 4.44. The Morgan fingerprint density at radius 1 is 1.32 bits per heavy atom. The highest BCUT2D eigenvalue weighted by Crippen LogP contribution is 2.19. The summed E-state index contributed by atoms with van der Waals surface area (Å²) in [5.74, 6) is 0. The third-order valence-electron chi connectivity index (χ3n) is 3.79. The van der Waals surface area contributed by atoms with Crippen LogP contribution < -0.4 is 10.2 Å². The second-order valence-electron chi connectivity index (χ2n) is 5.23. The molecule has 1 atom stereocenters. The Morgan fingerprint density at radius 3 is 2.74 bits per heavy atom. The zero-order chi connectivity index (χ0) is 13.5. The van der Waals surface area contributed by atoms with Crippen molar-refractivity contribution in [3.05, 3.63) is 11.6 Å². The van der Waals surface area contributed by atoms with Gasteiger partial charge >= 0.3 is 0 Å². The van der Waals surface area contributed by atoms with E-state index < -0.39 is 0 Å². The molecule has 0 aromatic carbocycles. The van der Waals surface area contributed by atoms with Gasteiger partial charge in [0.15, 0.2) is 5.13 Å². The normalized spacial score (nSPS) is 18.7. The van der Waals surface area contributed by atoms with Crippen LogP contribution in [0, 0.1) is 0 Å². The summed E-state index contributed by atoms with van der Waals surface area (Å²) >= 11 is 1.74. The molecule has 1 fully saturated rings. The molecular weight excluding hydrogens is 256 g/mol. The average molecular weight is 282 g/mol. The zero-order valence-corrected chi connectivity index (χ0v) is 13.0. The summed E-state index contributed by atoms with van der Waals surface area (Å²) in [6.07, 6.45) is 4.37. The van der Waals surface area contributed by atoms with Gasteiger partial charge in [-0.05, 0) is 32.9 Å². The first-order valence-corrected chi connectivity index (χ1v) is 8.28. The van der Waals surface area contributed by atoms with Crippen LogP contribution in [0.5, 0.6) is 0 Å². The quantitative estimate of drug-likeness (QED) is 0.776. The van der Waals surface area contributed by atoms with E-state index in [1.807, 2.05) is 6.20 Å². The molecule has 1 N–H and O–H groups in total. The molecule has 2 rings (SSSR count). The van der Waals surface area contributed by atoms with Gasteiger partial charge in [0.05, 0.1) is 0 Å².